The molecule has 36 heavy (non-hydrogen) atoms. The number of amides is 3. The van der Waals surface area contributed by atoms with Crippen molar-refractivity contribution in [1.29, 1.82) is 0 Å². The van der Waals surface area contributed by atoms with E-state index in [1.807, 2.05) is 36.4 Å². The summed E-state index contributed by atoms with van der Waals surface area (Å²) in [6, 6.07) is 16.4. The Labute approximate surface area is 205 Å². The summed E-state index contributed by atoms with van der Waals surface area (Å²) in [5, 5.41) is 0. The van der Waals surface area contributed by atoms with Crippen LogP contribution in [0.3, 0.4) is 0 Å². The molecule has 1 saturated heterocycles. The molecule has 2 aliphatic rings. The van der Waals surface area contributed by atoms with E-state index in [1.165, 1.54) is 4.90 Å². The van der Waals surface area contributed by atoms with Gasteiger partial charge < -0.3 is 4.90 Å². The summed E-state index contributed by atoms with van der Waals surface area (Å²) < 4.78 is 61.8. The van der Waals surface area contributed by atoms with Gasteiger partial charge in [-0.25, -0.2) is 18.1 Å². The number of hydrogen-bond acceptors (Lipinski definition) is 5. The van der Waals surface area contributed by atoms with E-state index in [2.05, 4.69) is 4.98 Å². The van der Waals surface area contributed by atoms with E-state index in [9.17, 15) is 31.2 Å². The lowest BCUT2D eigenvalue weighted by atomic mass is 10.1. The molecule has 2 heterocycles. The lowest BCUT2D eigenvalue weighted by Gasteiger charge is -2.21. The van der Waals surface area contributed by atoms with Crippen LogP contribution in [-0.2, 0) is 27.6 Å². The number of halogens is 3. The normalized spacial score (nSPS) is 17.2. The Morgan fingerprint density at radius 3 is 2.19 bits per heavy atom. The van der Waals surface area contributed by atoms with Gasteiger partial charge >= 0.3 is 11.5 Å². The number of urea groups is 1. The zero-order valence-electron chi connectivity index (χ0n) is 18.8. The van der Waals surface area contributed by atoms with Crippen molar-refractivity contribution in [3.8, 4) is 0 Å². The smallest absolute Gasteiger partial charge is 0.305 e. The second kappa shape index (κ2) is 8.44. The molecule has 186 valence electrons. The molecule has 0 unspecified atom stereocenters. The van der Waals surface area contributed by atoms with Crippen molar-refractivity contribution in [2.24, 2.45) is 0 Å². The van der Waals surface area contributed by atoms with Crippen LogP contribution in [0, 0.1) is 0 Å². The molecule has 1 saturated carbocycles. The Morgan fingerprint density at radius 2 is 1.58 bits per heavy atom. The van der Waals surface area contributed by atoms with Crippen LogP contribution in [0.5, 0.6) is 0 Å². The van der Waals surface area contributed by atoms with Gasteiger partial charge in [0.1, 0.15) is 5.54 Å². The first-order valence-electron chi connectivity index (χ1n) is 11.1. The number of carbonyl (C=O) groups is 2. The van der Waals surface area contributed by atoms with Crippen LogP contribution in [0.4, 0.5) is 23.7 Å². The minimum atomic E-state index is -5.54. The second-order valence-corrected chi connectivity index (χ2v) is 10.7. The Bertz CT molecular complexity index is 1440. The SMILES string of the molecule is O=C1N(c2ccc(S(=O)(=O)C(F)(F)F)cc2)C(=O)C2(CC2)N1Cc1ccnc(Cc2ccccc2)c1. The molecule has 3 aromatic rings. The predicted molar refractivity (Wildman–Crippen MR) is 124 cm³/mol. The molecule has 5 rings (SSSR count). The van der Waals surface area contributed by atoms with E-state index >= 15 is 0 Å². The monoisotopic (exact) mass is 515 g/mol. The highest BCUT2D eigenvalue weighted by Gasteiger charge is 2.65. The van der Waals surface area contributed by atoms with Crippen LogP contribution in [-0.4, -0.2) is 41.3 Å². The van der Waals surface area contributed by atoms with Gasteiger partial charge in [0.2, 0.25) is 0 Å². The van der Waals surface area contributed by atoms with E-state index in [0.717, 1.165) is 46.0 Å². The van der Waals surface area contributed by atoms with Crippen LogP contribution >= 0.6 is 0 Å². The highest BCUT2D eigenvalue weighted by atomic mass is 32.2. The van der Waals surface area contributed by atoms with Crippen molar-refractivity contribution in [3.63, 3.8) is 0 Å². The summed E-state index contributed by atoms with van der Waals surface area (Å²) in [7, 11) is -5.54. The van der Waals surface area contributed by atoms with Crippen LogP contribution in [0.1, 0.15) is 29.7 Å². The molecule has 3 amide bonds. The number of anilines is 1. The first-order chi connectivity index (χ1) is 17.0. The molecular formula is C25H20F3N3O4S. The third-order valence-electron chi connectivity index (χ3n) is 6.42. The largest absolute Gasteiger partial charge is 0.501 e. The number of rotatable bonds is 6. The van der Waals surface area contributed by atoms with Gasteiger partial charge in [0, 0.05) is 24.9 Å². The van der Waals surface area contributed by atoms with Gasteiger partial charge in [-0.05, 0) is 60.4 Å². The third-order valence-corrected chi connectivity index (χ3v) is 7.93. The van der Waals surface area contributed by atoms with Crippen LogP contribution in [0.25, 0.3) is 0 Å². The van der Waals surface area contributed by atoms with E-state index in [4.69, 9.17) is 0 Å². The molecule has 1 aromatic heterocycles. The maximum absolute atomic E-state index is 13.3. The predicted octanol–water partition coefficient (Wildman–Crippen LogP) is 4.47. The number of sulfone groups is 1. The van der Waals surface area contributed by atoms with Gasteiger partial charge in [-0.1, -0.05) is 30.3 Å². The van der Waals surface area contributed by atoms with Gasteiger partial charge in [-0.15, -0.1) is 0 Å². The van der Waals surface area contributed by atoms with Crippen LogP contribution in [0.2, 0.25) is 0 Å². The number of pyridine rings is 1. The van der Waals surface area contributed by atoms with Crippen molar-refractivity contribution in [2.75, 3.05) is 4.90 Å². The van der Waals surface area contributed by atoms with Crippen molar-refractivity contribution in [2.45, 2.75) is 41.7 Å². The molecule has 2 aromatic carbocycles. The average molecular weight is 516 g/mol. The molecule has 1 aliphatic carbocycles. The summed E-state index contributed by atoms with van der Waals surface area (Å²) in [6.45, 7) is 0.159. The maximum Gasteiger partial charge on any atom is 0.501 e. The van der Waals surface area contributed by atoms with E-state index in [-0.39, 0.29) is 12.2 Å². The third kappa shape index (κ3) is 4.02. The van der Waals surface area contributed by atoms with E-state index in [1.54, 1.807) is 12.3 Å². The lowest BCUT2D eigenvalue weighted by molar-refractivity contribution is -0.120. The lowest BCUT2D eigenvalue weighted by Crippen LogP contribution is -2.36. The molecule has 0 bridgehead atoms. The summed E-state index contributed by atoms with van der Waals surface area (Å²) in [6.07, 6.45) is 3.19. The van der Waals surface area contributed by atoms with Crippen LogP contribution < -0.4 is 4.90 Å². The Balaban J connectivity index is 1.38. The zero-order chi connectivity index (χ0) is 25.7. The molecule has 0 N–H and O–H groups in total. The number of nitrogens with zero attached hydrogens (tertiary/aromatic N) is 3. The molecule has 0 radical (unpaired) electrons. The number of carbonyl (C=O) groups excluding carboxylic acids is 2. The Kier molecular flexibility index (Phi) is 5.62. The molecule has 7 nitrogen and oxygen atoms in total. The van der Waals surface area contributed by atoms with E-state index < -0.39 is 37.7 Å². The van der Waals surface area contributed by atoms with Crippen molar-refractivity contribution in [3.05, 3.63) is 89.7 Å². The topological polar surface area (TPSA) is 87.7 Å². The van der Waals surface area contributed by atoms with Crippen molar-refractivity contribution >= 4 is 27.5 Å². The first kappa shape index (κ1) is 24.0. The highest BCUT2D eigenvalue weighted by molar-refractivity contribution is 7.92. The summed E-state index contributed by atoms with van der Waals surface area (Å²) in [4.78, 5) is 32.3. The number of benzene rings is 2. The van der Waals surface area contributed by atoms with Gasteiger partial charge in [-0.3, -0.25) is 9.78 Å². The summed E-state index contributed by atoms with van der Waals surface area (Å²) >= 11 is 0. The number of alkyl halides is 3. The molecule has 1 aliphatic heterocycles. The molecule has 1 spiro atoms. The van der Waals surface area contributed by atoms with Crippen molar-refractivity contribution in [1.82, 2.24) is 9.88 Å². The van der Waals surface area contributed by atoms with Gasteiger partial charge in [0.05, 0.1) is 10.6 Å². The Hall–Kier alpha value is -3.73. The second-order valence-electron chi connectivity index (χ2n) is 8.80. The fourth-order valence-electron chi connectivity index (χ4n) is 4.38. The average Bonchev–Trinajstić information content (AvgIpc) is 3.62. The fraction of sp³-hybridized carbons (Fsp3) is 0.240. The fourth-order valence-corrected chi connectivity index (χ4v) is 5.14. The van der Waals surface area contributed by atoms with Gasteiger partial charge in [-0.2, -0.15) is 13.2 Å². The highest BCUT2D eigenvalue weighted by Crippen LogP contribution is 2.49. The zero-order valence-corrected chi connectivity index (χ0v) is 19.6. The standard InChI is InChI=1S/C25H20F3N3O4S/c26-25(27,28)36(34,35)21-8-6-20(7-9-21)31-22(32)24(11-12-24)30(23(31)33)16-18-10-13-29-19(15-18)14-17-4-2-1-3-5-17/h1-10,13,15H,11-12,14,16H2. The summed E-state index contributed by atoms with van der Waals surface area (Å²) in [5.74, 6) is -0.475. The molecule has 2 fully saturated rings. The number of hydrogen-bond donors (Lipinski definition) is 0. The minimum Gasteiger partial charge on any atom is -0.305 e. The van der Waals surface area contributed by atoms with Crippen LogP contribution in [0.15, 0.2) is 77.8 Å². The summed E-state index contributed by atoms with van der Waals surface area (Å²) in [5.41, 5.74) is -3.77. The number of aromatic nitrogens is 1. The van der Waals surface area contributed by atoms with Crippen molar-refractivity contribution < 1.29 is 31.2 Å². The van der Waals surface area contributed by atoms with Gasteiger partial charge in [0.15, 0.2) is 0 Å². The Morgan fingerprint density at radius 1 is 0.917 bits per heavy atom. The van der Waals surface area contributed by atoms with E-state index in [0.29, 0.717) is 19.3 Å². The number of imide groups is 1. The minimum absolute atomic E-state index is 0.0133. The molecule has 0 atom stereocenters. The first-order valence-corrected chi connectivity index (χ1v) is 12.6. The maximum atomic E-state index is 13.3. The quantitative estimate of drug-likeness (QED) is 0.452. The molecular weight excluding hydrogens is 495 g/mol. The van der Waals surface area contributed by atoms with Gasteiger partial charge in [0.25, 0.3) is 15.7 Å². The molecule has 11 heteroatoms.